The predicted octanol–water partition coefficient (Wildman–Crippen LogP) is 2.55. The van der Waals surface area contributed by atoms with Gasteiger partial charge in [-0.25, -0.2) is 4.39 Å². The molecule has 1 aromatic carbocycles. The van der Waals surface area contributed by atoms with Crippen molar-refractivity contribution in [2.24, 2.45) is 0 Å². The van der Waals surface area contributed by atoms with E-state index in [9.17, 15) is 14.5 Å². The van der Waals surface area contributed by atoms with Crippen molar-refractivity contribution in [1.29, 1.82) is 0 Å². The Kier molecular flexibility index (Phi) is 3.98. The molecule has 0 radical (unpaired) electrons. The molecular weight excluding hydrogens is 261 g/mol. The molecule has 2 rings (SSSR count). The summed E-state index contributed by atoms with van der Waals surface area (Å²) in [6.45, 7) is 1.70. The lowest BCUT2D eigenvalue weighted by molar-refractivity contribution is -0.384. The van der Waals surface area contributed by atoms with Gasteiger partial charge in [0, 0.05) is 18.2 Å². The molecule has 5 nitrogen and oxygen atoms in total. The van der Waals surface area contributed by atoms with Crippen LogP contribution in [0.1, 0.15) is 12.8 Å². The van der Waals surface area contributed by atoms with E-state index in [1.54, 1.807) is 0 Å². The molecule has 1 aliphatic heterocycles. The van der Waals surface area contributed by atoms with Gasteiger partial charge in [0.15, 0.2) is 0 Å². The normalized spacial score (nSPS) is 16.6. The molecule has 2 N–H and O–H groups in total. The third-order valence-electron chi connectivity index (χ3n) is 2.93. The summed E-state index contributed by atoms with van der Waals surface area (Å²) in [7, 11) is 0. The molecule has 0 atom stereocenters. The monoisotopic (exact) mass is 273 g/mol. The van der Waals surface area contributed by atoms with Crippen molar-refractivity contribution in [3.05, 3.63) is 33.1 Å². The van der Waals surface area contributed by atoms with Crippen LogP contribution in [-0.4, -0.2) is 24.1 Å². The third kappa shape index (κ3) is 2.88. The summed E-state index contributed by atoms with van der Waals surface area (Å²) in [5, 5.41) is 16.9. The van der Waals surface area contributed by atoms with Crippen LogP contribution in [0.25, 0.3) is 0 Å². The van der Waals surface area contributed by atoms with Crippen LogP contribution < -0.4 is 10.6 Å². The van der Waals surface area contributed by atoms with E-state index in [0.717, 1.165) is 38.1 Å². The number of nitrogens with zero attached hydrogens (tertiary/aromatic N) is 1. The van der Waals surface area contributed by atoms with Crippen LogP contribution in [0.2, 0.25) is 5.02 Å². The number of piperidine rings is 1. The number of nitrogens with one attached hydrogen (secondary N) is 2. The van der Waals surface area contributed by atoms with Gasteiger partial charge in [0.1, 0.15) is 11.5 Å². The molecule has 0 spiro atoms. The van der Waals surface area contributed by atoms with Gasteiger partial charge in [0.25, 0.3) is 5.69 Å². The molecule has 1 aliphatic rings. The summed E-state index contributed by atoms with van der Waals surface area (Å²) >= 11 is 5.56. The molecule has 0 aliphatic carbocycles. The van der Waals surface area contributed by atoms with Gasteiger partial charge in [-0.3, -0.25) is 10.1 Å². The minimum Gasteiger partial charge on any atom is -0.377 e. The Morgan fingerprint density at radius 3 is 2.72 bits per heavy atom. The standard InChI is InChI=1S/C11H13ClFN3O2/c12-8-5-11(16(17)18)10(6-9(8)13)15-7-1-3-14-4-2-7/h5-7,14-15H,1-4H2. The van der Waals surface area contributed by atoms with Crippen LogP contribution in [0.15, 0.2) is 12.1 Å². The zero-order chi connectivity index (χ0) is 13.1. The van der Waals surface area contributed by atoms with Gasteiger partial charge < -0.3 is 10.6 Å². The molecule has 1 saturated heterocycles. The van der Waals surface area contributed by atoms with Crippen molar-refractivity contribution in [2.45, 2.75) is 18.9 Å². The molecule has 0 saturated carbocycles. The highest BCUT2D eigenvalue weighted by Crippen LogP contribution is 2.31. The average molecular weight is 274 g/mol. The van der Waals surface area contributed by atoms with Crippen LogP contribution in [0.4, 0.5) is 15.8 Å². The van der Waals surface area contributed by atoms with Crippen LogP contribution in [-0.2, 0) is 0 Å². The number of nitro benzene ring substituents is 1. The number of rotatable bonds is 3. The summed E-state index contributed by atoms with van der Waals surface area (Å²) in [5.74, 6) is -0.654. The maximum absolute atomic E-state index is 13.4. The quantitative estimate of drug-likeness (QED) is 0.656. The third-order valence-corrected chi connectivity index (χ3v) is 3.22. The maximum atomic E-state index is 13.4. The first kappa shape index (κ1) is 13.0. The Balaban J connectivity index is 2.24. The number of halogens is 2. The number of hydrogen-bond acceptors (Lipinski definition) is 4. The average Bonchev–Trinajstić information content (AvgIpc) is 2.34. The molecule has 0 aromatic heterocycles. The van der Waals surface area contributed by atoms with E-state index >= 15 is 0 Å². The molecule has 7 heteroatoms. The van der Waals surface area contributed by atoms with Gasteiger partial charge in [0.05, 0.1) is 9.95 Å². The van der Waals surface area contributed by atoms with Crippen LogP contribution in [0.3, 0.4) is 0 Å². The van der Waals surface area contributed by atoms with E-state index in [-0.39, 0.29) is 22.4 Å². The highest BCUT2D eigenvalue weighted by Gasteiger charge is 2.21. The minimum atomic E-state index is -0.654. The first-order valence-electron chi connectivity index (χ1n) is 5.68. The second kappa shape index (κ2) is 5.49. The fourth-order valence-electron chi connectivity index (χ4n) is 1.99. The molecule has 1 heterocycles. The molecule has 0 bridgehead atoms. The van der Waals surface area contributed by atoms with Crippen molar-refractivity contribution < 1.29 is 9.31 Å². The Morgan fingerprint density at radius 2 is 2.11 bits per heavy atom. The second-order valence-electron chi connectivity index (χ2n) is 4.21. The van der Waals surface area contributed by atoms with Gasteiger partial charge in [-0.1, -0.05) is 11.6 Å². The Hall–Kier alpha value is -1.40. The van der Waals surface area contributed by atoms with Crippen molar-refractivity contribution in [1.82, 2.24) is 5.32 Å². The molecule has 0 unspecified atom stereocenters. The van der Waals surface area contributed by atoms with Crippen LogP contribution in [0.5, 0.6) is 0 Å². The van der Waals surface area contributed by atoms with E-state index in [0.29, 0.717) is 0 Å². The zero-order valence-corrected chi connectivity index (χ0v) is 10.3. The molecule has 0 amide bonds. The van der Waals surface area contributed by atoms with E-state index < -0.39 is 10.7 Å². The maximum Gasteiger partial charge on any atom is 0.294 e. The summed E-state index contributed by atoms with van der Waals surface area (Å²) in [5.41, 5.74) is -0.00580. The SMILES string of the molecule is O=[N+]([O-])c1cc(Cl)c(F)cc1NC1CCNCC1. The topological polar surface area (TPSA) is 67.2 Å². The van der Waals surface area contributed by atoms with Gasteiger partial charge >= 0.3 is 0 Å². The second-order valence-corrected chi connectivity index (χ2v) is 4.62. The van der Waals surface area contributed by atoms with E-state index in [4.69, 9.17) is 11.6 Å². The van der Waals surface area contributed by atoms with Crippen molar-refractivity contribution in [3.8, 4) is 0 Å². The summed E-state index contributed by atoms with van der Waals surface area (Å²) in [6, 6.07) is 2.24. The molecule has 98 valence electrons. The number of anilines is 1. The number of benzene rings is 1. The van der Waals surface area contributed by atoms with Gasteiger partial charge in [-0.15, -0.1) is 0 Å². The fourth-order valence-corrected chi connectivity index (χ4v) is 2.15. The first-order chi connectivity index (χ1) is 8.58. The van der Waals surface area contributed by atoms with Crippen molar-refractivity contribution in [3.63, 3.8) is 0 Å². The lowest BCUT2D eigenvalue weighted by atomic mass is 10.1. The van der Waals surface area contributed by atoms with Crippen molar-refractivity contribution in [2.75, 3.05) is 18.4 Å². The van der Waals surface area contributed by atoms with Crippen LogP contribution in [0, 0.1) is 15.9 Å². The van der Waals surface area contributed by atoms with E-state index in [1.807, 2.05) is 0 Å². The van der Waals surface area contributed by atoms with Gasteiger partial charge in [-0.2, -0.15) is 0 Å². The summed E-state index contributed by atoms with van der Waals surface area (Å²) in [6.07, 6.45) is 1.70. The largest absolute Gasteiger partial charge is 0.377 e. The summed E-state index contributed by atoms with van der Waals surface area (Å²) < 4.78 is 13.4. The Bertz CT molecular complexity index is 464. The zero-order valence-electron chi connectivity index (χ0n) is 9.58. The van der Waals surface area contributed by atoms with E-state index in [2.05, 4.69) is 10.6 Å². The smallest absolute Gasteiger partial charge is 0.294 e. The van der Waals surface area contributed by atoms with Gasteiger partial charge in [0.2, 0.25) is 0 Å². The molecular formula is C11H13ClFN3O2. The van der Waals surface area contributed by atoms with Crippen LogP contribution >= 0.6 is 11.6 Å². The number of hydrogen-bond donors (Lipinski definition) is 2. The highest BCUT2D eigenvalue weighted by atomic mass is 35.5. The fraction of sp³-hybridized carbons (Fsp3) is 0.455. The van der Waals surface area contributed by atoms with Gasteiger partial charge in [-0.05, 0) is 25.9 Å². The minimum absolute atomic E-state index is 0.116. The Labute approximate surface area is 108 Å². The Morgan fingerprint density at radius 1 is 1.44 bits per heavy atom. The van der Waals surface area contributed by atoms with E-state index in [1.165, 1.54) is 0 Å². The molecule has 1 fully saturated rings. The lowest BCUT2D eigenvalue weighted by Crippen LogP contribution is -2.35. The van der Waals surface area contributed by atoms with Crippen molar-refractivity contribution >= 4 is 23.0 Å². The lowest BCUT2D eigenvalue weighted by Gasteiger charge is -2.24. The summed E-state index contributed by atoms with van der Waals surface area (Å²) in [4.78, 5) is 10.3. The molecule has 18 heavy (non-hydrogen) atoms. The number of nitro groups is 1. The predicted molar refractivity (Wildman–Crippen MR) is 67.6 cm³/mol. The molecule has 1 aromatic rings. The highest BCUT2D eigenvalue weighted by molar-refractivity contribution is 6.31. The first-order valence-corrected chi connectivity index (χ1v) is 6.06.